The Morgan fingerprint density at radius 2 is 1.61 bits per heavy atom. The Labute approximate surface area is 187 Å². The van der Waals surface area contributed by atoms with Crippen molar-refractivity contribution in [1.29, 1.82) is 0 Å². The molecule has 0 radical (unpaired) electrons. The quantitative estimate of drug-likeness (QED) is 0.349. The van der Waals surface area contributed by atoms with Gasteiger partial charge < -0.3 is 0 Å². The Morgan fingerprint density at radius 1 is 0.935 bits per heavy atom. The third kappa shape index (κ3) is 3.33. The smallest absolute Gasteiger partial charge is 0.265 e. The highest BCUT2D eigenvalue weighted by Gasteiger charge is 2.22. The molecule has 0 saturated carbocycles. The van der Waals surface area contributed by atoms with Crippen LogP contribution in [0.15, 0.2) is 57.8 Å². The van der Waals surface area contributed by atoms with Crippen LogP contribution in [-0.4, -0.2) is 24.1 Å². The van der Waals surface area contributed by atoms with Crippen LogP contribution in [0.25, 0.3) is 38.9 Å². The van der Waals surface area contributed by atoms with Crippen LogP contribution < -0.4 is 5.56 Å². The van der Waals surface area contributed by atoms with E-state index in [0.29, 0.717) is 40.5 Å². The van der Waals surface area contributed by atoms with E-state index in [0.717, 1.165) is 27.6 Å². The van der Waals surface area contributed by atoms with Gasteiger partial charge in [0.1, 0.15) is 16.7 Å². The van der Waals surface area contributed by atoms with Gasteiger partial charge in [0.2, 0.25) is 0 Å². The van der Waals surface area contributed by atoms with Gasteiger partial charge >= 0.3 is 0 Å². The van der Waals surface area contributed by atoms with Crippen molar-refractivity contribution < 1.29 is 0 Å². The standard InChI is InChI=1S/C24H22BrN5O/c1-14(2)12-13-29-15(3)26-22-20(24(29)31)21-23(28-19-7-5-4-6-18(19)27-21)30(22)17-10-8-16(25)9-11-17/h4-11,14H,12-13H2,1-3H3. The fourth-order valence-corrected chi connectivity index (χ4v) is 4.18. The van der Waals surface area contributed by atoms with E-state index in [1.54, 1.807) is 4.57 Å². The third-order valence-corrected chi connectivity index (χ3v) is 6.10. The minimum atomic E-state index is -0.0615. The van der Waals surface area contributed by atoms with Gasteiger partial charge in [-0.05, 0) is 55.7 Å². The van der Waals surface area contributed by atoms with Gasteiger partial charge in [-0.1, -0.05) is 41.9 Å². The van der Waals surface area contributed by atoms with Crippen LogP contribution in [0.1, 0.15) is 26.1 Å². The van der Waals surface area contributed by atoms with E-state index in [9.17, 15) is 4.79 Å². The summed E-state index contributed by atoms with van der Waals surface area (Å²) in [5, 5.41) is 0.519. The summed E-state index contributed by atoms with van der Waals surface area (Å²) in [7, 11) is 0. The molecule has 0 aliphatic carbocycles. The molecule has 0 N–H and O–H groups in total. The minimum Gasteiger partial charge on any atom is -0.296 e. The van der Waals surface area contributed by atoms with Gasteiger partial charge in [-0.2, -0.15) is 0 Å². The highest BCUT2D eigenvalue weighted by Crippen LogP contribution is 2.29. The molecule has 0 aliphatic heterocycles. The van der Waals surface area contributed by atoms with Gasteiger partial charge in [-0.25, -0.2) is 15.0 Å². The lowest BCUT2D eigenvalue weighted by Gasteiger charge is -2.12. The molecule has 31 heavy (non-hydrogen) atoms. The maximum Gasteiger partial charge on any atom is 0.265 e. The van der Waals surface area contributed by atoms with E-state index in [2.05, 4.69) is 29.8 Å². The van der Waals surface area contributed by atoms with Crippen molar-refractivity contribution in [2.45, 2.75) is 33.7 Å². The van der Waals surface area contributed by atoms with E-state index >= 15 is 0 Å². The lowest BCUT2D eigenvalue weighted by atomic mass is 10.1. The van der Waals surface area contributed by atoms with E-state index < -0.39 is 0 Å². The molecular weight excluding hydrogens is 454 g/mol. The topological polar surface area (TPSA) is 65.6 Å². The van der Waals surface area contributed by atoms with Crippen LogP contribution in [0.5, 0.6) is 0 Å². The summed E-state index contributed by atoms with van der Waals surface area (Å²) < 4.78 is 4.69. The van der Waals surface area contributed by atoms with Gasteiger partial charge in [0.15, 0.2) is 11.3 Å². The number of nitrogens with zero attached hydrogens (tertiary/aromatic N) is 5. The first kappa shape index (κ1) is 19.9. The van der Waals surface area contributed by atoms with Crippen LogP contribution >= 0.6 is 15.9 Å². The van der Waals surface area contributed by atoms with Crippen LogP contribution in [-0.2, 0) is 6.54 Å². The predicted octanol–water partition coefficient (Wildman–Crippen LogP) is 5.40. The maximum absolute atomic E-state index is 13.6. The van der Waals surface area contributed by atoms with Crippen molar-refractivity contribution in [2.24, 2.45) is 5.92 Å². The summed E-state index contributed by atoms with van der Waals surface area (Å²) in [6.45, 7) is 6.84. The summed E-state index contributed by atoms with van der Waals surface area (Å²) in [6.07, 6.45) is 0.911. The number of aryl methyl sites for hydroxylation is 1. The van der Waals surface area contributed by atoms with Gasteiger partial charge in [0.25, 0.3) is 5.56 Å². The van der Waals surface area contributed by atoms with Crippen molar-refractivity contribution in [3.05, 3.63) is 69.2 Å². The van der Waals surface area contributed by atoms with Crippen molar-refractivity contribution in [3.63, 3.8) is 0 Å². The normalized spacial score (nSPS) is 11.9. The van der Waals surface area contributed by atoms with Crippen molar-refractivity contribution >= 4 is 49.2 Å². The molecule has 0 bridgehead atoms. The highest BCUT2D eigenvalue weighted by atomic mass is 79.9. The number of benzene rings is 2. The van der Waals surface area contributed by atoms with Crippen LogP contribution in [0, 0.1) is 12.8 Å². The fraction of sp³-hybridized carbons (Fsp3) is 0.250. The van der Waals surface area contributed by atoms with Gasteiger partial charge in [-0.15, -0.1) is 0 Å². The Kier molecular flexibility index (Phi) is 4.85. The fourth-order valence-electron chi connectivity index (χ4n) is 3.92. The number of hydrogen-bond acceptors (Lipinski definition) is 4. The number of fused-ring (bicyclic) bond motifs is 4. The van der Waals surface area contributed by atoms with Crippen LogP contribution in [0.2, 0.25) is 0 Å². The first-order chi connectivity index (χ1) is 14.9. The summed E-state index contributed by atoms with van der Waals surface area (Å²) in [5.74, 6) is 1.19. The second-order valence-electron chi connectivity index (χ2n) is 8.19. The molecular formula is C24H22BrN5O. The Morgan fingerprint density at radius 3 is 2.29 bits per heavy atom. The Hall–Kier alpha value is -3.06. The molecule has 6 nitrogen and oxygen atoms in total. The van der Waals surface area contributed by atoms with Gasteiger partial charge in [0.05, 0.1) is 11.0 Å². The van der Waals surface area contributed by atoms with E-state index in [4.69, 9.17) is 15.0 Å². The average molecular weight is 476 g/mol. The van der Waals surface area contributed by atoms with E-state index in [-0.39, 0.29) is 5.56 Å². The molecule has 3 heterocycles. The first-order valence-corrected chi connectivity index (χ1v) is 11.2. The SMILES string of the molecule is Cc1nc2c(c(=O)n1CCC(C)C)c1nc3ccccc3nc1n2-c1ccc(Br)cc1. The molecule has 0 spiro atoms. The number of para-hydroxylation sites is 2. The largest absolute Gasteiger partial charge is 0.296 e. The summed E-state index contributed by atoms with van der Waals surface area (Å²) in [4.78, 5) is 28.3. The molecule has 0 aliphatic rings. The number of aromatic nitrogens is 5. The van der Waals surface area contributed by atoms with Crippen LogP contribution in [0.4, 0.5) is 0 Å². The van der Waals surface area contributed by atoms with Crippen molar-refractivity contribution in [3.8, 4) is 5.69 Å². The number of hydrogen-bond donors (Lipinski definition) is 0. The number of halogens is 1. The van der Waals surface area contributed by atoms with Crippen molar-refractivity contribution in [2.75, 3.05) is 0 Å². The van der Waals surface area contributed by atoms with E-state index in [1.807, 2.05) is 60.0 Å². The first-order valence-electron chi connectivity index (χ1n) is 10.4. The highest BCUT2D eigenvalue weighted by molar-refractivity contribution is 9.10. The molecule has 0 fully saturated rings. The molecule has 7 heteroatoms. The predicted molar refractivity (Wildman–Crippen MR) is 128 cm³/mol. The zero-order valence-electron chi connectivity index (χ0n) is 17.6. The molecule has 0 amide bonds. The monoisotopic (exact) mass is 475 g/mol. The van der Waals surface area contributed by atoms with Gasteiger partial charge in [0, 0.05) is 16.7 Å². The third-order valence-electron chi connectivity index (χ3n) is 5.57. The second-order valence-corrected chi connectivity index (χ2v) is 9.11. The lowest BCUT2D eigenvalue weighted by Crippen LogP contribution is -2.24. The second kappa shape index (κ2) is 7.57. The molecule has 0 atom stereocenters. The molecule has 3 aromatic heterocycles. The molecule has 0 unspecified atom stereocenters. The Balaban J connectivity index is 1.92. The Bertz CT molecular complexity index is 1500. The minimum absolute atomic E-state index is 0.0615. The number of rotatable bonds is 4. The summed E-state index contributed by atoms with van der Waals surface area (Å²) >= 11 is 3.50. The zero-order chi connectivity index (χ0) is 21.7. The molecule has 156 valence electrons. The van der Waals surface area contributed by atoms with E-state index in [1.165, 1.54) is 0 Å². The van der Waals surface area contributed by atoms with Crippen LogP contribution in [0.3, 0.4) is 0 Å². The summed E-state index contributed by atoms with van der Waals surface area (Å²) in [6, 6.07) is 15.6. The molecule has 0 saturated heterocycles. The molecule has 5 rings (SSSR count). The average Bonchev–Trinajstić information content (AvgIpc) is 3.05. The van der Waals surface area contributed by atoms with Gasteiger partial charge in [-0.3, -0.25) is 13.9 Å². The lowest BCUT2D eigenvalue weighted by molar-refractivity contribution is 0.498. The van der Waals surface area contributed by atoms with Crippen molar-refractivity contribution in [1.82, 2.24) is 24.1 Å². The summed E-state index contributed by atoms with van der Waals surface area (Å²) in [5.41, 5.74) is 4.20. The zero-order valence-corrected chi connectivity index (χ0v) is 19.2. The molecule has 5 aromatic rings. The molecule has 2 aromatic carbocycles. The maximum atomic E-state index is 13.6.